The van der Waals surface area contributed by atoms with Crippen LogP contribution in [0.15, 0.2) is 23.1 Å². The summed E-state index contributed by atoms with van der Waals surface area (Å²) < 4.78 is 0. The van der Waals surface area contributed by atoms with Crippen molar-refractivity contribution < 1.29 is 0 Å². The number of nitrogen functional groups attached to an aromatic ring is 1. The van der Waals surface area contributed by atoms with Gasteiger partial charge in [-0.3, -0.25) is 4.90 Å². The van der Waals surface area contributed by atoms with Crippen molar-refractivity contribution in [3.8, 4) is 0 Å². The van der Waals surface area contributed by atoms with E-state index in [9.17, 15) is 0 Å². The number of anilines is 1. The van der Waals surface area contributed by atoms with Crippen LogP contribution < -0.4 is 11.1 Å². The molecule has 18 heavy (non-hydrogen) atoms. The lowest BCUT2D eigenvalue weighted by atomic mass is 9.84. The topological polar surface area (TPSA) is 41.3 Å². The second kappa shape index (κ2) is 5.51. The first-order valence-electron chi connectivity index (χ1n) is 6.51. The van der Waals surface area contributed by atoms with Gasteiger partial charge < -0.3 is 11.1 Å². The average molecular weight is 265 g/mol. The molecule has 0 atom stereocenters. The van der Waals surface area contributed by atoms with Crippen LogP contribution in [0, 0.1) is 0 Å². The second-order valence-corrected chi connectivity index (χ2v) is 6.17. The Bertz CT molecular complexity index is 412. The molecule has 1 aromatic carbocycles. The summed E-state index contributed by atoms with van der Waals surface area (Å²) in [5.41, 5.74) is 8.00. The standard InChI is InChI=1S/C14H23N3S/c1-14(2,10-17-7-5-16-6-8-17)11-3-4-12(15)13(18)9-11/h3-4,9,16,18H,5-8,10,15H2,1-2H3. The van der Waals surface area contributed by atoms with Crippen molar-refractivity contribution in [2.45, 2.75) is 24.2 Å². The number of hydrogen-bond donors (Lipinski definition) is 3. The normalized spacial score (nSPS) is 17.9. The third-order valence-corrected chi connectivity index (χ3v) is 4.03. The molecule has 3 nitrogen and oxygen atoms in total. The molecular weight excluding hydrogens is 242 g/mol. The molecular formula is C14H23N3S. The van der Waals surface area contributed by atoms with Gasteiger partial charge in [-0.15, -0.1) is 12.6 Å². The second-order valence-electron chi connectivity index (χ2n) is 5.68. The highest BCUT2D eigenvalue weighted by Gasteiger charge is 2.25. The van der Waals surface area contributed by atoms with Crippen LogP contribution in [0.5, 0.6) is 0 Å². The van der Waals surface area contributed by atoms with Gasteiger partial charge in [0, 0.05) is 48.7 Å². The van der Waals surface area contributed by atoms with Crippen molar-refractivity contribution in [1.29, 1.82) is 0 Å². The van der Waals surface area contributed by atoms with Gasteiger partial charge in [0.1, 0.15) is 0 Å². The van der Waals surface area contributed by atoms with E-state index in [1.807, 2.05) is 6.07 Å². The first-order chi connectivity index (χ1) is 8.49. The summed E-state index contributed by atoms with van der Waals surface area (Å²) >= 11 is 4.42. The molecule has 1 aliphatic rings. The number of thiol groups is 1. The summed E-state index contributed by atoms with van der Waals surface area (Å²) in [5, 5.41) is 3.39. The fraction of sp³-hybridized carbons (Fsp3) is 0.571. The zero-order valence-corrected chi connectivity index (χ0v) is 12.1. The van der Waals surface area contributed by atoms with Crippen molar-refractivity contribution in [2.24, 2.45) is 0 Å². The summed E-state index contributed by atoms with van der Waals surface area (Å²) in [5.74, 6) is 0. The number of nitrogens with two attached hydrogens (primary N) is 1. The maximum atomic E-state index is 5.82. The molecule has 3 N–H and O–H groups in total. The monoisotopic (exact) mass is 265 g/mol. The minimum atomic E-state index is 0.127. The zero-order valence-electron chi connectivity index (χ0n) is 11.2. The lowest BCUT2D eigenvalue weighted by Gasteiger charge is -2.35. The predicted molar refractivity (Wildman–Crippen MR) is 80.4 cm³/mol. The van der Waals surface area contributed by atoms with Gasteiger partial charge in [0.05, 0.1) is 0 Å². The molecule has 1 aliphatic heterocycles. The number of rotatable bonds is 3. The third kappa shape index (κ3) is 3.19. The number of nitrogens with one attached hydrogen (secondary N) is 1. The predicted octanol–water partition coefficient (Wildman–Crippen LogP) is 1.74. The third-order valence-electron chi connectivity index (χ3n) is 3.64. The Balaban J connectivity index is 2.10. The van der Waals surface area contributed by atoms with E-state index < -0.39 is 0 Å². The van der Waals surface area contributed by atoms with Crippen molar-refractivity contribution >= 4 is 18.3 Å². The molecule has 0 unspecified atom stereocenters. The van der Waals surface area contributed by atoms with Crippen molar-refractivity contribution in [3.63, 3.8) is 0 Å². The Morgan fingerprint density at radius 2 is 2.00 bits per heavy atom. The number of benzene rings is 1. The quantitative estimate of drug-likeness (QED) is 0.576. The van der Waals surface area contributed by atoms with E-state index in [0.29, 0.717) is 0 Å². The molecule has 2 rings (SSSR count). The van der Waals surface area contributed by atoms with E-state index in [2.05, 4.69) is 48.8 Å². The van der Waals surface area contributed by atoms with Gasteiger partial charge in [-0.2, -0.15) is 0 Å². The van der Waals surface area contributed by atoms with Gasteiger partial charge in [-0.05, 0) is 17.7 Å². The Labute approximate surface area is 115 Å². The molecule has 0 radical (unpaired) electrons. The molecule has 1 aromatic rings. The molecule has 0 bridgehead atoms. The van der Waals surface area contributed by atoms with Crippen LogP contribution >= 0.6 is 12.6 Å². The van der Waals surface area contributed by atoms with Crippen LogP contribution in [-0.2, 0) is 5.41 Å². The van der Waals surface area contributed by atoms with Gasteiger partial charge in [0.15, 0.2) is 0 Å². The highest BCUT2D eigenvalue weighted by atomic mass is 32.1. The van der Waals surface area contributed by atoms with Gasteiger partial charge in [0.2, 0.25) is 0 Å². The molecule has 1 fully saturated rings. The molecule has 0 spiro atoms. The van der Waals surface area contributed by atoms with Crippen LogP contribution in [-0.4, -0.2) is 37.6 Å². The van der Waals surface area contributed by atoms with E-state index in [4.69, 9.17) is 5.73 Å². The Morgan fingerprint density at radius 1 is 1.33 bits per heavy atom. The van der Waals surface area contributed by atoms with Crippen molar-refractivity contribution in [2.75, 3.05) is 38.5 Å². The minimum Gasteiger partial charge on any atom is -0.398 e. The molecule has 1 saturated heterocycles. The SMILES string of the molecule is CC(C)(CN1CCNCC1)c1ccc(N)c(S)c1. The van der Waals surface area contributed by atoms with E-state index in [1.54, 1.807) is 0 Å². The molecule has 1 heterocycles. The summed E-state index contributed by atoms with van der Waals surface area (Å²) in [6.45, 7) is 10.1. The van der Waals surface area contributed by atoms with Crippen LogP contribution in [0.25, 0.3) is 0 Å². The molecule has 0 amide bonds. The highest BCUT2D eigenvalue weighted by Crippen LogP contribution is 2.28. The molecule has 0 aromatic heterocycles. The first-order valence-corrected chi connectivity index (χ1v) is 6.96. The number of hydrogen-bond acceptors (Lipinski definition) is 4. The number of nitrogens with zero attached hydrogens (tertiary/aromatic N) is 1. The average Bonchev–Trinajstić information content (AvgIpc) is 2.33. The fourth-order valence-corrected chi connectivity index (χ4v) is 2.70. The van der Waals surface area contributed by atoms with E-state index >= 15 is 0 Å². The summed E-state index contributed by atoms with van der Waals surface area (Å²) in [7, 11) is 0. The molecule has 0 aliphatic carbocycles. The Hall–Kier alpha value is -0.710. The minimum absolute atomic E-state index is 0.127. The van der Waals surface area contributed by atoms with Crippen LogP contribution in [0.3, 0.4) is 0 Å². The van der Waals surface area contributed by atoms with Crippen molar-refractivity contribution in [3.05, 3.63) is 23.8 Å². The lowest BCUT2D eigenvalue weighted by molar-refractivity contribution is 0.200. The van der Waals surface area contributed by atoms with Crippen LogP contribution in [0.2, 0.25) is 0 Å². The zero-order chi connectivity index (χ0) is 13.2. The maximum absolute atomic E-state index is 5.82. The smallest absolute Gasteiger partial charge is 0.0449 e. The Morgan fingerprint density at radius 3 is 2.61 bits per heavy atom. The molecule has 100 valence electrons. The summed E-state index contributed by atoms with van der Waals surface area (Å²) in [6, 6.07) is 6.18. The van der Waals surface area contributed by atoms with E-state index in [-0.39, 0.29) is 5.41 Å². The van der Waals surface area contributed by atoms with Crippen LogP contribution in [0.1, 0.15) is 19.4 Å². The van der Waals surface area contributed by atoms with Crippen LogP contribution in [0.4, 0.5) is 5.69 Å². The summed E-state index contributed by atoms with van der Waals surface area (Å²) in [4.78, 5) is 3.39. The maximum Gasteiger partial charge on any atom is 0.0449 e. The van der Waals surface area contributed by atoms with Gasteiger partial charge in [0.25, 0.3) is 0 Å². The summed E-state index contributed by atoms with van der Waals surface area (Å²) in [6.07, 6.45) is 0. The molecule has 0 saturated carbocycles. The first kappa shape index (κ1) is 13.7. The number of piperazine rings is 1. The van der Waals surface area contributed by atoms with Gasteiger partial charge >= 0.3 is 0 Å². The Kier molecular flexibility index (Phi) is 4.20. The van der Waals surface area contributed by atoms with Crippen molar-refractivity contribution in [1.82, 2.24) is 10.2 Å². The lowest BCUT2D eigenvalue weighted by Crippen LogP contribution is -2.47. The molecule has 4 heteroatoms. The largest absolute Gasteiger partial charge is 0.398 e. The van der Waals surface area contributed by atoms with Gasteiger partial charge in [-0.25, -0.2) is 0 Å². The van der Waals surface area contributed by atoms with E-state index in [1.165, 1.54) is 5.56 Å². The van der Waals surface area contributed by atoms with E-state index in [0.717, 1.165) is 43.3 Å². The van der Waals surface area contributed by atoms with Gasteiger partial charge in [-0.1, -0.05) is 19.9 Å². The fourth-order valence-electron chi connectivity index (χ4n) is 2.48. The highest BCUT2D eigenvalue weighted by molar-refractivity contribution is 7.80.